The van der Waals surface area contributed by atoms with Crippen LogP contribution in [-0.2, 0) is 15.1 Å². The standard InChI is InChI=1S/C16H20BrN3O3/c1-15(2,3)23-14(22)19-13-18-12(21)9-16(4,20-13)10-6-5-7-11(17)8-10/h5-8H,9H2,1-4H3,(H2,18,19,20,21,22)/t16-/m0/s1. The first-order chi connectivity index (χ1) is 10.6. The predicted molar refractivity (Wildman–Crippen MR) is 91.1 cm³/mol. The number of carbonyl (C=O) groups is 2. The fourth-order valence-corrected chi connectivity index (χ4v) is 2.67. The van der Waals surface area contributed by atoms with Gasteiger partial charge in [0.2, 0.25) is 11.9 Å². The molecule has 2 rings (SSSR count). The lowest BCUT2D eigenvalue weighted by Crippen LogP contribution is -2.58. The summed E-state index contributed by atoms with van der Waals surface area (Å²) in [7, 11) is 0. The monoisotopic (exact) mass is 381 g/mol. The maximum Gasteiger partial charge on any atom is 0.437 e. The molecule has 0 saturated carbocycles. The number of hydrogen-bond acceptors (Lipinski definition) is 3. The van der Waals surface area contributed by atoms with Crippen molar-refractivity contribution in [3.8, 4) is 0 Å². The second kappa shape index (κ2) is 6.31. The van der Waals surface area contributed by atoms with Crippen molar-refractivity contribution in [3.05, 3.63) is 34.3 Å². The topological polar surface area (TPSA) is 79.8 Å². The lowest BCUT2D eigenvalue weighted by atomic mass is 9.87. The maximum atomic E-state index is 12.0. The first kappa shape index (κ1) is 17.5. The van der Waals surface area contributed by atoms with Gasteiger partial charge in [0.15, 0.2) is 0 Å². The Balaban J connectivity index is 2.25. The van der Waals surface area contributed by atoms with E-state index in [1.807, 2.05) is 31.2 Å². The molecular formula is C16H20BrN3O3. The van der Waals surface area contributed by atoms with Gasteiger partial charge >= 0.3 is 6.09 Å². The van der Waals surface area contributed by atoms with E-state index in [1.54, 1.807) is 20.8 Å². The molecule has 1 atom stereocenters. The normalized spacial score (nSPS) is 23.2. The van der Waals surface area contributed by atoms with Gasteiger partial charge in [-0.05, 0) is 45.4 Å². The van der Waals surface area contributed by atoms with Crippen LogP contribution in [0.15, 0.2) is 33.7 Å². The molecule has 0 aromatic heterocycles. The van der Waals surface area contributed by atoms with Crippen molar-refractivity contribution in [1.82, 2.24) is 10.6 Å². The summed E-state index contributed by atoms with van der Waals surface area (Å²) in [5, 5.41) is 5.68. The van der Waals surface area contributed by atoms with Gasteiger partial charge < -0.3 is 10.1 Å². The van der Waals surface area contributed by atoms with Crippen molar-refractivity contribution >= 4 is 33.9 Å². The number of nitrogens with zero attached hydrogens (tertiary/aromatic N) is 1. The van der Waals surface area contributed by atoms with Gasteiger partial charge in [-0.3, -0.25) is 10.1 Å². The van der Waals surface area contributed by atoms with E-state index < -0.39 is 17.2 Å². The maximum absolute atomic E-state index is 12.0. The Morgan fingerprint density at radius 2 is 2.09 bits per heavy atom. The average Bonchev–Trinajstić information content (AvgIpc) is 2.34. The molecule has 1 fully saturated rings. The number of ether oxygens (including phenoxy) is 1. The Kier molecular flexibility index (Phi) is 4.79. The molecule has 7 heteroatoms. The summed E-state index contributed by atoms with van der Waals surface area (Å²) in [5.74, 6) is -0.119. The molecule has 23 heavy (non-hydrogen) atoms. The second-order valence-electron chi connectivity index (χ2n) is 6.63. The highest BCUT2D eigenvalue weighted by molar-refractivity contribution is 9.10. The summed E-state index contributed by atoms with van der Waals surface area (Å²) in [6.07, 6.45) is -0.518. The second-order valence-corrected chi connectivity index (χ2v) is 7.55. The van der Waals surface area contributed by atoms with Crippen LogP contribution < -0.4 is 10.6 Å². The molecule has 1 aliphatic rings. The van der Waals surface area contributed by atoms with Gasteiger partial charge in [0, 0.05) is 4.47 Å². The molecule has 0 unspecified atom stereocenters. The van der Waals surface area contributed by atoms with Crippen molar-refractivity contribution in [2.75, 3.05) is 0 Å². The highest BCUT2D eigenvalue weighted by Crippen LogP contribution is 2.28. The van der Waals surface area contributed by atoms with Crippen molar-refractivity contribution < 1.29 is 14.3 Å². The number of halogens is 1. The van der Waals surface area contributed by atoms with Crippen LogP contribution in [-0.4, -0.2) is 23.6 Å². The fourth-order valence-electron chi connectivity index (χ4n) is 2.27. The van der Waals surface area contributed by atoms with E-state index >= 15 is 0 Å². The highest BCUT2D eigenvalue weighted by Gasteiger charge is 2.36. The molecular weight excluding hydrogens is 362 g/mol. The Hall–Kier alpha value is -1.89. The summed E-state index contributed by atoms with van der Waals surface area (Å²) >= 11 is 3.42. The van der Waals surface area contributed by atoms with Gasteiger partial charge in [-0.2, -0.15) is 0 Å². The SMILES string of the molecule is CC(C)(C)OC(=O)/N=C1\NC(=O)C[C@@](C)(c2cccc(Br)c2)N1. The van der Waals surface area contributed by atoms with Crippen LogP contribution in [0.4, 0.5) is 4.79 Å². The zero-order chi connectivity index (χ0) is 17.3. The largest absolute Gasteiger partial charge is 0.442 e. The quantitative estimate of drug-likeness (QED) is 0.783. The number of aliphatic imine (C=N–C) groups is 1. The lowest BCUT2D eigenvalue weighted by molar-refractivity contribution is -0.121. The van der Waals surface area contributed by atoms with E-state index in [1.165, 1.54) is 0 Å². The summed E-state index contributed by atoms with van der Waals surface area (Å²) in [6.45, 7) is 7.15. The Labute approximate surface area is 143 Å². The molecule has 0 radical (unpaired) electrons. The molecule has 2 N–H and O–H groups in total. The highest BCUT2D eigenvalue weighted by atomic mass is 79.9. The van der Waals surface area contributed by atoms with Crippen molar-refractivity contribution in [1.29, 1.82) is 0 Å². The molecule has 0 spiro atoms. The van der Waals surface area contributed by atoms with Crippen molar-refractivity contribution in [3.63, 3.8) is 0 Å². The Morgan fingerprint density at radius 3 is 2.70 bits per heavy atom. The van der Waals surface area contributed by atoms with E-state index in [2.05, 4.69) is 31.6 Å². The van der Waals surface area contributed by atoms with Gasteiger partial charge in [0.05, 0.1) is 12.0 Å². The molecule has 124 valence electrons. The van der Waals surface area contributed by atoms with Crippen molar-refractivity contribution in [2.45, 2.75) is 45.3 Å². The third kappa shape index (κ3) is 4.79. The molecule has 1 aromatic rings. The molecule has 0 aliphatic carbocycles. The van der Waals surface area contributed by atoms with Gasteiger partial charge in [-0.25, -0.2) is 4.79 Å². The van der Waals surface area contributed by atoms with Gasteiger partial charge in [0.25, 0.3) is 0 Å². The number of rotatable bonds is 1. The van der Waals surface area contributed by atoms with Crippen LogP contribution in [0.3, 0.4) is 0 Å². The van der Waals surface area contributed by atoms with Crippen LogP contribution in [0, 0.1) is 0 Å². The van der Waals surface area contributed by atoms with Crippen molar-refractivity contribution in [2.24, 2.45) is 4.99 Å². The molecule has 1 aromatic carbocycles. The summed E-state index contributed by atoms with van der Waals surface area (Å²) < 4.78 is 6.06. The molecule has 1 aliphatic heterocycles. The number of nitrogens with one attached hydrogen (secondary N) is 2. The van der Waals surface area contributed by atoms with E-state index in [-0.39, 0.29) is 18.3 Å². The third-order valence-corrected chi connectivity index (χ3v) is 3.72. The molecule has 2 amide bonds. The number of hydrogen-bond donors (Lipinski definition) is 2. The average molecular weight is 382 g/mol. The number of amides is 2. The zero-order valence-corrected chi connectivity index (χ0v) is 15.2. The predicted octanol–water partition coefficient (Wildman–Crippen LogP) is 3.06. The van der Waals surface area contributed by atoms with Gasteiger partial charge in [0.1, 0.15) is 5.60 Å². The molecule has 0 bridgehead atoms. The summed E-state index contributed by atoms with van der Waals surface area (Å²) in [4.78, 5) is 27.7. The number of guanidine groups is 1. The number of benzene rings is 1. The molecule has 1 saturated heterocycles. The fraction of sp³-hybridized carbons (Fsp3) is 0.438. The van der Waals surface area contributed by atoms with E-state index in [0.717, 1.165) is 10.0 Å². The van der Waals surface area contributed by atoms with Gasteiger partial charge in [-0.15, -0.1) is 4.99 Å². The number of carbonyl (C=O) groups excluding carboxylic acids is 2. The Bertz CT molecular complexity index is 667. The van der Waals surface area contributed by atoms with Crippen LogP contribution in [0.5, 0.6) is 0 Å². The van der Waals surface area contributed by atoms with E-state index in [4.69, 9.17) is 4.74 Å². The van der Waals surface area contributed by atoms with Crippen LogP contribution in [0.2, 0.25) is 0 Å². The lowest BCUT2D eigenvalue weighted by Gasteiger charge is -2.36. The first-order valence-electron chi connectivity index (χ1n) is 7.23. The zero-order valence-electron chi connectivity index (χ0n) is 13.6. The van der Waals surface area contributed by atoms with Crippen LogP contribution in [0.1, 0.15) is 39.7 Å². The first-order valence-corrected chi connectivity index (χ1v) is 8.02. The van der Waals surface area contributed by atoms with Gasteiger partial charge in [-0.1, -0.05) is 28.1 Å². The molecule has 1 heterocycles. The smallest absolute Gasteiger partial charge is 0.437 e. The van der Waals surface area contributed by atoms with Crippen LogP contribution in [0.25, 0.3) is 0 Å². The molecule has 6 nitrogen and oxygen atoms in total. The summed E-state index contributed by atoms with van der Waals surface area (Å²) in [5.41, 5.74) is -0.390. The minimum atomic E-state index is -0.751. The van der Waals surface area contributed by atoms with E-state index in [0.29, 0.717) is 0 Å². The van der Waals surface area contributed by atoms with E-state index in [9.17, 15) is 9.59 Å². The minimum Gasteiger partial charge on any atom is -0.442 e. The third-order valence-electron chi connectivity index (χ3n) is 3.22. The summed E-state index contributed by atoms with van der Waals surface area (Å²) in [6, 6.07) is 7.65. The Morgan fingerprint density at radius 1 is 1.39 bits per heavy atom. The van der Waals surface area contributed by atoms with Crippen LogP contribution >= 0.6 is 15.9 Å². The minimum absolute atomic E-state index is 0.0953.